The zero-order chi connectivity index (χ0) is 10.6. The first-order valence-corrected chi connectivity index (χ1v) is 6.91. The van der Waals surface area contributed by atoms with E-state index in [1.807, 2.05) is 6.92 Å². The second-order valence-corrected chi connectivity index (χ2v) is 6.13. The zero-order valence-electron chi connectivity index (χ0n) is 8.61. The third kappa shape index (κ3) is 3.55. The summed E-state index contributed by atoms with van der Waals surface area (Å²) in [4.78, 5) is 0. The first-order valence-electron chi connectivity index (χ1n) is 5.09. The first-order chi connectivity index (χ1) is 6.55. The topological polar surface area (TPSA) is 69.4 Å². The van der Waals surface area contributed by atoms with Crippen molar-refractivity contribution in [2.45, 2.75) is 25.8 Å². The average molecular weight is 221 g/mol. The lowest BCUT2D eigenvalue weighted by atomic mass is 10.0. The van der Waals surface area contributed by atoms with Crippen LogP contribution in [0.2, 0.25) is 0 Å². The van der Waals surface area contributed by atoms with E-state index in [9.17, 15) is 8.42 Å². The Morgan fingerprint density at radius 1 is 1.57 bits per heavy atom. The monoisotopic (exact) mass is 221 g/mol. The second-order valence-electron chi connectivity index (χ2n) is 3.90. The van der Waals surface area contributed by atoms with Gasteiger partial charge in [-0.1, -0.05) is 6.92 Å². The highest BCUT2D eigenvalue weighted by Gasteiger charge is 2.26. The van der Waals surface area contributed by atoms with Gasteiger partial charge in [0.05, 0.1) is 12.4 Å². The van der Waals surface area contributed by atoms with E-state index in [2.05, 4.69) is 0 Å². The van der Waals surface area contributed by atoms with Crippen LogP contribution in [0.4, 0.5) is 0 Å². The molecule has 0 bridgehead atoms. The van der Waals surface area contributed by atoms with Crippen molar-refractivity contribution < 1.29 is 13.2 Å². The molecule has 4 nitrogen and oxygen atoms in total. The quantitative estimate of drug-likeness (QED) is 0.718. The molecule has 0 radical (unpaired) electrons. The fourth-order valence-electron chi connectivity index (χ4n) is 1.71. The molecule has 1 aliphatic rings. The third-order valence-electron chi connectivity index (χ3n) is 2.53. The van der Waals surface area contributed by atoms with Gasteiger partial charge in [0.2, 0.25) is 0 Å². The molecular weight excluding hydrogens is 202 g/mol. The van der Waals surface area contributed by atoms with Crippen molar-refractivity contribution in [3.63, 3.8) is 0 Å². The molecule has 84 valence electrons. The Kier molecular flexibility index (Phi) is 4.34. The van der Waals surface area contributed by atoms with Gasteiger partial charge in [0.25, 0.3) is 0 Å². The van der Waals surface area contributed by atoms with Crippen LogP contribution in [-0.4, -0.2) is 39.2 Å². The van der Waals surface area contributed by atoms with E-state index < -0.39 is 9.84 Å². The number of hydrogen-bond donors (Lipinski definition) is 1. The largest absolute Gasteiger partial charge is 0.381 e. The maximum atomic E-state index is 11.5. The number of hydrogen-bond acceptors (Lipinski definition) is 4. The Hall–Kier alpha value is -0.130. The molecular formula is C9H19NO3S. The predicted octanol–water partition coefficient (Wildman–Crippen LogP) is 0.175. The highest BCUT2D eigenvalue weighted by atomic mass is 32.2. The summed E-state index contributed by atoms with van der Waals surface area (Å²) in [5, 5.41) is 0. The molecule has 0 spiro atoms. The number of sulfone groups is 1. The molecule has 1 fully saturated rings. The summed E-state index contributed by atoms with van der Waals surface area (Å²) < 4.78 is 28.1. The lowest BCUT2D eigenvalue weighted by molar-refractivity contribution is 0.182. The van der Waals surface area contributed by atoms with Crippen molar-refractivity contribution in [3.8, 4) is 0 Å². The Labute approximate surface area is 85.7 Å². The summed E-state index contributed by atoms with van der Waals surface area (Å²) in [6, 6.07) is -0.256. The summed E-state index contributed by atoms with van der Waals surface area (Å²) in [6.07, 6.45) is 1.55. The van der Waals surface area contributed by atoms with E-state index >= 15 is 0 Å². The minimum atomic E-state index is -2.95. The maximum absolute atomic E-state index is 11.5. The second kappa shape index (κ2) is 5.09. The highest BCUT2D eigenvalue weighted by molar-refractivity contribution is 7.91. The molecule has 0 aromatic rings. The normalized spacial score (nSPS) is 25.1. The Bertz CT molecular complexity index is 257. The van der Waals surface area contributed by atoms with Crippen LogP contribution in [0.5, 0.6) is 0 Å². The van der Waals surface area contributed by atoms with Gasteiger partial charge in [-0.15, -0.1) is 0 Å². The van der Waals surface area contributed by atoms with Gasteiger partial charge in [0, 0.05) is 24.3 Å². The van der Waals surface area contributed by atoms with Gasteiger partial charge in [-0.3, -0.25) is 0 Å². The lowest BCUT2D eigenvalue weighted by Crippen LogP contribution is -2.37. The first kappa shape index (κ1) is 11.9. The molecule has 2 unspecified atom stereocenters. The van der Waals surface area contributed by atoms with Crippen molar-refractivity contribution in [3.05, 3.63) is 0 Å². The minimum absolute atomic E-state index is 0.106. The van der Waals surface area contributed by atoms with Gasteiger partial charge in [0.1, 0.15) is 0 Å². The molecule has 1 aliphatic heterocycles. The highest BCUT2D eigenvalue weighted by Crippen LogP contribution is 2.16. The summed E-state index contributed by atoms with van der Waals surface area (Å²) in [5.41, 5.74) is 5.84. The predicted molar refractivity (Wildman–Crippen MR) is 55.8 cm³/mol. The lowest BCUT2D eigenvalue weighted by Gasteiger charge is -2.17. The SMILES string of the molecule is CCCS(=O)(=O)CC(N)C1CCOC1. The van der Waals surface area contributed by atoms with Crippen LogP contribution in [-0.2, 0) is 14.6 Å². The molecule has 1 saturated heterocycles. The number of ether oxygens (including phenoxy) is 1. The maximum Gasteiger partial charge on any atom is 0.151 e. The molecule has 0 saturated carbocycles. The van der Waals surface area contributed by atoms with Gasteiger partial charge >= 0.3 is 0 Å². The van der Waals surface area contributed by atoms with E-state index in [0.717, 1.165) is 6.42 Å². The molecule has 2 N–H and O–H groups in total. The van der Waals surface area contributed by atoms with Crippen LogP contribution >= 0.6 is 0 Å². The van der Waals surface area contributed by atoms with Crippen LogP contribution in [0.3, 0.4) is 0 Å². The number of nitrogens with two attached hydrogens (primary N) is 1. The van der Waals surface area contributed by atoms with Gasteiger partial charge in [-0.2, -0.15) is 0 Å². The van der Waals surface area contributed by atoms with Gasteiger partial charge in [-0.05, 0) is 12.8 Å². The van der Waals surface area contributed by atoms with Crippen LogP contribution in [0.15, 0.2) is 0 Å². The molecule has 5 heteroatoms. The van der Waals surface area contributed by atoms with Gasteiger partial charge in [0.15, 0.2) is 9.84 Å². The van der Waals surface area contributed by atoms with Gasteiger partial charge in [-0.25, -0.2) is 8.42 Å². The number of rotatable bonds is 5. The van der Waals surface area contributed by atoms with E-state index in [4.69, 9.17) is 10.5 Å². The third-order valence-corrected chi connectivity index (χ3v) is 4.45. The van der Waals surface area contributed by atoms with Crippen molar-refractivity contribution in [2.75, 3.05) is 24.7 Å². The van der Waals surface area contributed by atoms with Crippen LogP contribution < -0.4 is 5.73 Å². The fraction of sp³-hybridized carbons (Fsp3) is 1.00. The van der Waals surface area contributed by atoms with Gasteiger partial charge < -0.3 is 10.5 Å². The standard InChI is InChI=1S/C9H19NO3S/c1-2-5-14(11,12)7-9(10)8-3-4-13-6-8/h8-9H,2-7,10H2,1H3. The molecule has 0 aromatic heterocycles. The zero-order valence-corrected chi connectivity index (χ0v) is 9.42. The molecule has 0 amide bonds. The molecule has 14 heavy (non-hydrogen) atoms. The molecule has 1 rings (SSSR count). The van der Waals surface area contributed by atoms with E-state index in [1.165, 1.54) is 0 Å². The van der Waals surface area contributed by atoms with E-state index in [0.29, 0.717) is 19.6 Å². The van der Waals surface area contributed by atoms with Crippen LogP contribution in [0.1, 0.15) is 19.8 Å². The van der Waals surface area contributed by atoms with Crippen molar-refractivity contribution >= 4 is 9.84 Å². The molecule has 0 aliphatic carbocycles. The molecule has 2 atom stereocenters. The van der Waals surface area contributed by atoms with Crippen LogP contribution in [0, 0.1) is 5.92 Å². The smallest absolute Gasteiger partial charge is 0.151 e. The van der Waals surface area contributed by atoms with Crippen LogP contribution in [0.25, 0.3) is 0 Å². The molecule has 0 aromatic carbocycles. The van der Waals surface area contributed by atoms with Crippen molar-refractivity contribution in [2.24, 2.45) is 11.7 Å². The summed E-state index contributed by atoms with van der Waals surface area (Å²) in [6.45, 7) is 3.19. The van der Waals surface area contributed by atoms with E-state index in [-0.39, 0.29) is 23.5 Å². The fourth-order valence-corrected chi connectivity index (χ4v) is 3.36. The summed E-state index contributed by atoms with van der Waals surface area (Å²) in [7, 11) is -2.95. The Morgan fingerprint density at radius 3 is 2.79 bits per heavy atom. The summed E-state index contributed by atoms with van der Waals surface area (Å²) in [5.74, 6) is 0.574. The molecule has 1 heterocycles. The average Bonchev–Trinajstić information content (AvgIpc) is 2.53. The van der Waals surface area contributed by atoms with Crippen molar-refractivity contribution in [1.29, 1.82) is 0 Å². The Morgan fingerprint density at radius 2 is 2.29 bits per heavy atom. The van der Waals surface area contributed by atoms with Crippen molar-refractivity contribution in [1.82, 2.24) is 0 Å². The van der Waals surface area contributed by atoms with E-state index in [1.54, 1.807) is 0 Å². The Balaban J connectivity index is 2.42. The minimum Gasteiger partial charge on any atom is -0.381 e. The summed E-state index contributed by atoms with van der Waals surface area (Å²) >= 11 is 0.